The van der Waals surface area contributed by atoms with Crippen molar-refractivity contribution in [3.8, 4) is 56.3 Å². The van der Waals surface area contributed by atoms with E-state index in [1.54, 1.807) is 28.1 Å². The van der Waals surface area contributed by atoms with Crippen molar-refractivity contribution >= 4 is 138 Å². The zero-order chi connectivity index (χ0) is 98.5. The number of aryl methyl sites for hydroxylation is 15. The smallest absolute Gasteiger partial charge is 0.231 e. The highest BCUT2D eigenvalue weighted by Gasteiger charge is 2.49. The Morgan fingerprint density at radius 2 is 0.676 bits per heavy atom. The summed E-state index contributed by atoms with van der Waals surface area (Å²) in [5, 5.41) is 3.79. The molecule has 8 aromatic carbocycles. The van der Waals surface area contributed by atoms with Crippen molar-refractivity contribution in [3.05, 3.63) is 268 Å². The van der Waals surface area contributed by atoms with E-state index in [0.29, 0.717) is 29.7 Å². The summed E-state index contributed by atoms with van der Waals surface area (Å²) in [6.45, 7) is 57.8. The Bertz CT molecular complexity index is 7690. The van der Waals surface area contributed by atoms with Crippen molar-refractivity contribution in [2.24, 2.45) is 51.5 Å². The molecule has 18 heteroatoms. The molecule has 0 radical (unpaired) electrons. The third-order valence-corrected chi connectivity index (χ3v) is 33.8. The summed E-state index contributed by atoms with van der Waals surface area (Å²) < 4.78 is 62.4. The lowest BCUT2D eigenvalue weighted by atomic mass is 9.82. The highest BCUT2D eigenvalue weighted by atomic mass is 32.1. The van der Waals surface area contributed by atoms with Gasteiger partial charge in [0.05, 0.1) is 40.7 Å². The Labute approximate surface area is 824 Å². The number of hydrogen-bond donors (Lipinski definition) is 0. The highest BCUT2D eigenvalue weighted by molar-refractivity contribution is 7.27. The van der Waals surface area contributed by atoms with Gasteiger partial charge in [-0.15, -0.1) is 56.7 Å². The number of rotatable bonds is 12. The summed E-state index contributed by atoms with van der Waals surface area (Å²) in [5.41, 5.74) is 41.0. The third-order valence-electron chi connectivity index (χ3n) is 27.8. The van der Waals surface area contributed by atoms with Crippen molar-refractivity contribution in [1.29, 1.82) is 0 Å². The van der Waals surface area contributed by atoms with Crippen LogP contribution in [0.4, 0.5) is 13.2 Å². The fourth-order valence-corrected chi connectivity index (χ4v) is 27.4. The Kier molecular flexibility index (Phi) is 28.7. The molecule has 1 saturated carbocycles. The molecule has 136 heavy (non-hydrogen) atoms. The van der Waals surface area contributed by atoms with E-state index in [0.717, 1.165) is 54.9 Å². The number of fused-ring (bicyclic) bond motifs is 11. The third kappa shape index (κ3) is 20.1. The zero-order valence-electron chi connectivity index (χ0n) is 86.3. The predicted octanol–water partition coefficient (Wildman–Crippen LogP) is 31.2. The molecule has 19 rings (SSSR count). The van der Waals surface area contributed by atoms with Crippen LogP contribution < -0.4 is 22.8 Å². The summed E-state index contributed by atoms with van der Waals surface area (Å²) >= 11 is 9.21. The van der Waals surface area contributed by atoms with Crippen molar-refractivity contribution in [2.75, 3.05) is 0 Å². The van der Waals surface area contributed by atoms with Gasteiger partial charge in [-0.05, 0) is 317 Å². The van der Waals surface area contributed by atoms with Crippen LogP contribution in [0.15, 0.2) is 153 Å². The van der Waals surface area contributed by atoms with Gasteiger partial charge < -0.3 is 0 Å². The Hall–Kier alpha value is -10.5. The van der Waals surface area contributed by atoms with Crippen LogP contribution in [0.2, 0.25) is 0 Å². The van der Waals surface area contributed by atoms with Crippen LogP contribution >= 0.6 is 56.7 Å². The lowest BCUT2D eigenvalue weighted by molar-refractivity contribution is -0.662. The van der Waals surface area contributed by atoms with E-state index in [2.05, 4.69) is 346 Å². The molecule has 0 unspecified atom stereocenters. The fourth-order valence-electron chi connectivity index (χ4n) is 19.9. The van der Waals surface area contributed by atoms with Gasteiger partial charge in [0.2, 0.25) is 27.6 Å². The van der Waals surface area contributed by atoms with Crippen LogP contribution in [0.3, 0.4) is 0 Å². The van der Waals surface area contributed by atoms with Gasteiger partial charge in [-0.3, -0.25) is 0 Å². The largest absolute Gasteiger partial charge is 0.394 e. The van der Waals surface area contributed by atoms with Crippen molar-refractivity contribution in [2.45, 2.75) is 256 Å². The molecule has 10 heterocycles. The second-order valence-corrected chi connectivity index (χ2v) is 48.1. The maximum absolute atomic E-state index is 13.8. The maximum Gasteiger partial charge on any atom is 0.394 e. The molecule has 1 fully saturated rings. The van der Waals surface area contributed by atoms with E-state index in [9.17, 15) is 13.2 Å². The van der Waals surface area contributed by atoms with Crippen LogP contribution in [0.1, 0.15) is 242 Å². The van der Waals surface area contributed by atoms with Crippen LogP contribution in [0, 0.1) is 120 Å². The average molecular weight is 1910 g/mol. The molecule has 1 aliphatic carbocycles. The Morgan fingerprint density at radius 3 is 1.07 bits per heavy atom. The van der Waals surface area contributed by atoms with Crippen LogP contribution in [-0.4, -0.2) is 31.1 Å². The fraction of sp³-hybridized carbons (Fsp3) is 0.390. The first-order valence-electron chi connectivity index (χ1n) is 48.1. The summed E-state index contributed by atoms with van der Waals surface area (Å²) in [4.78, 5) is 26.5. The summed E-state index contributed by atoms with van der Waals surface area (Å²) in [5.74, 6) is 1.73. The zero-order valence-corrected chi connectivity index (χ0v) is 90.3. The number of halogens is 3. The minimum absolute atomic E-state index is 0.0454. The Morgan fingerprint density at radius 1 is 0.338 bits per heavy atom. The van der Waals surface area contributed by atoms with E-state index in [1.165, 1.54) is 228 Å². The number of benzene rings is 8. The molecule has 0 amide bonds. The quantitative estimate of drug-likeness (QED) is 0.114. The Balaban J connectivity index is 0.000000130. The lowest BCUT2D eigenvalue weighted by Crippen LogP contribution is -2.34. The van der Waals surface area contributed by atoms with E-state index in [1.807, 2.05) is 82.3 Å². The first kappa shape index (κ1) is 100.0. The van der Waals surface area contributed by atoms with E-state index < -0.39 is 11.6 Å². The number of thiophene rings is 5. The van der Waals surface area contributed by atoms with Crippen LogP contribution in [0.25, 0.3) is 138 Å². The molecule has 0 saturated heterocycles. The molecule has 10 nitrogen and oxygen atoms in total. The maximum atomic E-state index is 13.8. The molecule has 0 bridgehead atoms. The molecule has 18 aromatic rings. The molecular weight excluding hydrogens is 1770 g/mol. The monoisotopic (exact) mass is 1910 g/mol. The molecule has 0 N–H and O–H groups in total. The van der Waals surface area contributed by atoms with Gasteiger partial charge in [0, 0.05) is 79.0 Å². The molecule has 10 aromatic heterocycles. The molecule has 0 spiro atoms. The second-order valence-electron chi connectivity index (χ2n) is 42.7. The average Bonchev–Trinajstić information content (AvgIpc) is 1.59. The van der Waals surface area contributed by atoms with E-state index in [4.69, 9.17) is 19.9 Å². The summed E-state index contributed by atoms with van der Waals surface area (Å²) in [6.07, 6.45) is 12.5. The number of alkyl halides is 3. The minimum atomic E-state index is -4.28. The molecule has 0 atom stereocenters. The van der Waals surface area contributed by atoms with Gasteiger partial charge in [0.25, 0.3) is 31.6 Å². The summed E-state index contributed by atoms with van der Waals surface area (Å²) in [6, 6.07) is 44.7. The van der Waals surface area contributed by atoms with E-state index >= 15 is 0 Å². The normalized spacial score (nSPS) is 12.9. The SMILES string of the molecule is Cc1cc(C)c(C)c(-c2c3sc(CC(C)(C)C)c(C4CCCC4)c3nc[n+]2C)c1.Cc1cc(C)c(C)c(-c2c3sc(CC(C)(C)C)c(CC(C)(C)C(F)(F)F)c3nc[n+]2C)c1.Cc1cc(C)c(C)c(-c2c3sc4c(C(C)C)cccc4c3nc[n+]2C)c1.Cc1cc(C)c(C)c(-c2c3sc4cc(C(C)C)ccc4c3nc[n+]2C)c1.Cc1cc(C)c(C)c(-c2c3sc4ccccc4c3nc[n+]2C)c1. The molecular formula is C118H138F3N10S5+5. The predicted molar refractivity (Wildman–Crippen MR) is 574 cm³/mol. The first-order valence-corrected chi connectivity index (χ1v) is 52.2. The lowest BCUT2D eigenvalue weighted by Gasteiger charge is -2.28. The molecule has 0 aliphatic heterocycles. The molecule has 1 aliphatic rings. The molecule has 706 valence electrons. The van der Waals surface area contributed by atoms with Crippen molar-refractivity contribution in [3.63, 3.8) is 0 Å². The van der Waals surface area contributed by atoms with Crippen LogP contribution in [0.5, 0.6) is 0 Å². The summed E-state index contributed by atoms with van der Waals surface area (Å²) in [7, 11) is 10.4. The van der Waals surface area contributed by atoms with Crippen LogP contribution in [-0.2, 0) is 54.5 Å². The first-order chi connectivity index (χ1) is 64.0. The van der Waals surface area contributed by atoms with Gasteiger partial charge >= 0.3 is 6.18 Å². The second kappa shape index (κ2) is 39.1. The van der Waals surface area contributed by atoms with Gasteiger partial charge in [0.15, 0.2) is 28.5 Å². The van der Waals surface area contributed by atoms with E-state index in [-0.39, 0.29) is 17.3 Å². The number of hydrogen-bond acceptors (Lipinski definition) is 10. The number of nitrogens with zero attached hydrogens (tertiary/aromatic N) is 10. The van der Waals surface area contributed by atoms with Crippen molar-refractivity contribution in [1.82, 2.24) is 24.9 Å². The van der Waals surface area contributed by atoms with Gasteiger partial charge in [-0.1, -0.05) is 184 Å². The van der Waals surface area contributed by atoms with Crippen molar-refractivity contribution < 1.29 is 36.0 Å². The van der Waals surface area contributed by atoms with Gasteiger partial charge in [-0.2, -0.15) is 13.2 Å². The number of aromatic nitrogens is 10. The van der Waals surface area contributed by atoms with Gasteiger partial charge in [-0.25, -0.2) is 22.8 Å². The standard InChI is InChI=1S/C26H34F3N2S.C26H35N2S.2C23H25N2S.C20H19N2S/c1-15-10-16(2)17(3)18(11-15)22-23-21(30-14-31(22)9)19(12-25(7,8)26(27,28)29)20(32-23)13-24(4,5)6;1-16-12-17(2)18(3)20(13-16)24-25-23(27-15-28(24)7)22(19-10-8-9-11-19)21(29-25)14-26(4,5)6;1-13(2)17-7-8-18-20(11-17)26-23-21(18)24-12-25(6)22(23)19-10-14(3)9-15(4)16(19)5;1-13(2)17-8-7-9-18-20-23(26-22(17)18)21(25(6)12-24-20)19-11-14(3)10-15(4)16(19)5;1-12-9-13(2)14(3)16(10-12)19-20-18(21-11-22(19)4)15-7-5-6-8-17(15)23-20/h10-11,14H,12-13H2,1-9H3;12-13,15,19H,8-11,14H2,1-7H3;2*7-13H,1-6H3;5-11H,1-4H3/q5*+1. The van der Waals surface area contributed by atoms with Gasteiger partial charge in [0.1, 0.15) is 23.5 Å². The minimum Gasteiger partial charge on any atom is -0.231 e. The topological polar surface area (TPSA) is 83.8 Å². The highest BCUT2D eigenvalue weighted by Crippen LogP contribution is 2.51.